The van der Waals surface area contributed by atoms with Crippen LogP contribution in [0.3, 0.4) is 0 Å². The smallest absolute Gasteiger partial charge is 0.210 e. The first kappa shape index (κ1) is 13.2. The lowest BCUT2D eigenvalue weighted by Crippen LogP contribution is -2.12. The van der Waals surface area contributed by atoms with Crippen molar-refractivity contribution in [2.24, 2.45) is 5.92 Å². The molecule has 1 aromatic carbocycles. The molecule has 0 unspecified atom stereocenters. The molecule has 96 valence electrons. The molecule has 0 fully saturated rings. The Morgan fingerprint density at radius 3 is 2.56 bits per heavy atom. The van der Waals surface area contributed by atoms with Gasteiger partial charge < -0.3 is 5.84 Å². The molecule has 2 N–H and O–H groups in total. The quantitative estimate of drug-likeness (QED) is 0.692. The van der Waals surface area contributed by atoms with Gasteiger partial charge in [0, 0.05) is 16.3 Å². The van der Waals surface area contributed by atoms with Crippen LogP contribution in [-0.4, -0.2) is 20.6 Å². The van der Waals surface area contributed by atoms with Crippen LogP contribution in [-0.2, 0) is 0 Å². The Labute approximate surface area is 116 Å². The van der Waals surface area contributed by atoms with Crippen molar-refractivity contribution in [1.29, 1.82) is 0 Å². The number of hydrogen-bond donors (Lipinski definition) is 1. The molecule has 0 radical (unpaired) electrons. The zero-order chi connectivity index (χ0) is 13.1. The van der Waals surface area contributed by atoms with Crippen LogP contribution in [0.25, 0.3) is 11.4 Å². The summed E-state index contributed by atoms with van der Waals surface area (Å²) in [7, 11) is 0. The summed E-state index contributed by atoms with van der Waals surface area (Å²) in [5.74, 6) is 8.21. The number of nitrogens with two attached hydrogens (primary N) is 1. The topological polar surface area (TPSA) is 56.7 Å². The second-order valence-electron chi connectivity index (χ2n) is 4.39. The van der Waals surface area contributed by atoms with Crippen molar-refractivity contribution in [3.8, 4) is 11.4 Å². The van der Waals surface area contributed by atoms with E-state index in [2.05, 4.69) is 24.0 Å². The third kappa shape index (κ3) is 2.97. The van der Waals surface area contributed by atoms with E-state index >= 15 is 0 Å². The second-order valence-corrected chi connectivity index (χ2v) is 5.81. The average molecular weight is 283 g/mol. The van der Waals surface area contributed by atoms with Crippen LogP contribution in [0.4, 0.5) is 0 Å². The lowest BCUT2D eigenvalue weighted by atomic mass is 10.2. The van der Waals surface area contributed by atoms with Crippen LogP contribution in [0, 0.1) is 5.92 Å². The van der Waals surface area contributed by atoms with Gasteiger partial charge in [-0.1, -0.05) is 37.2 Å². The van der Waals surface area contributed by atoms with Crippen molar-refractivity contribution in [3.63, 3.8) is 0 Å². The lowest BCUT2D eigenvalue weighted by molar-refractivity contribution is 0.744. The van der Waals surface area contributed by atoms with Crippen LogP contribution < -0.4 is 5.84 Å². The van der Waals surface area contributed by atoms with Crippen LogP contribution >= 0.6 is 23.4 Å². The molecule has 2 aromatic rings. The number of benzene rings is 1. The van der Waals surface area contributed by atoms with Crippen molar-refractivity contribution in [3.05, 3.63) is 29.3 Å². The van der Waals surface area contributed by atoms with Gasteiger partial charge in [0.1, 0.15) is 0 Å². The third-order valence-electron chi connectivity index (χ3n) is 2.31. The van der Waals surface area contributed by atoms with Crippen LogP contribution in [0.15, 0.2) is 29.4 Å². The monoisotopic (exact) mass is 282 g/mol. The van der Waals surface area contributed by atoms with Gasteiger partial charge >= 0.3 is 0 Å². The number of halogens is 1. The maximum Gasteiger partial charge on any atom is 0.210 e. The minimum Gasteiger partial charge on any atom is -0.335 e. The van der Waals surface area contributed by atoms with Crippen molar-refractivity contribution in [2.45, 2.75) is 19.0 Å². The first-order valence-corrected chi connectivity index (χ1v) is 7.03. The Morgan fingerprint density at radius 2 is 1.94 bits per heavy atom. The maximum atomic E-state index is 6.00. The van der Waals surface area contributed by atoms with Crippen molar-refractivity contribution in [2.75, 3.05) is 11.6 Å². The standard InChI is InChI=1S/C12H15ClN4S/c1-8(2)7-18-12-16-15-11(17(12)14)9-3-5-10(13)6-4-9/h3-6,8H,7,14H2,1-2H3. The molecule has 0 aliphatic heterocycles. The Kier molecular flexibility index (Phi) is 4.14. The maximum absolute atomic E-state index is 6.00. The van der Waals surface area contributed by atoms with Crippen LogP contribution in [0.1, 0.15) is 13.8 Å². The summed E-state index contributed by atoms with van der Waals surface area (Å²) in [6, 6.07) is 7.39. The number of hydrogen-bond acceptors (Lipinski definition) is 4. The van der Waals surface area contributed by atoms with E-state index in [-0.39, 0.29) is 0 Å². The van der Waals surface area contributed by atoms with Crippen LogP contribution in [0.2, 0.25) is 5.02 Å². The normalized spacial score (nSPS) is 11.1. The predicted molar refractivity (Wildman–Crippen MR) is 76.2 cm³/mol. The molecular formula is C12H15ClN4S. The summed E-state index contributed by atoms with van der Waals surface area (Å²) in [4.78, 5) is 0. The molecule has 0 amide bonds. The number of thioether (sulfide) groups is 1. The number of aromatic nitrogens is 3. The SMILES string of the molecule is CC(C)CSc1nnc(-c2ccc(Cl)cc2)n1N. The van der Waals surface area contributed by atoms with E-state index < -0.39 is 0 Å². The second kappa shape index (κ2) is 5.63. The first-order chi connectivity index (χ1) is 8.58. The van der Waals surface area contributed by atoms with Gasteiger partial charge in [-0.15, -0.1) is 10.2 Å². The van der Waals surface area contributed by atoms with Gasteiger partial charge in [0.05, 0.1) is 0 Å². The van der Waals surface area contributed by atoms with E-state index in [1.54, 1.807) is 11.8 Å². The van der Waals surface area contributed by atoms with Gasteiger partial charge in [0.2, 0.25) is 5.16 Å². The molecule has 6 heteroatoms. The molecule has 18 heavy (non-hydrogen) atoms. The fourth-order valence-corrected chi connectivity index (χ4v) is 2.34. The molecule has 0 bridgehead atoms. The molecule has 0 saturated carbocycles. The highest BCUT2D eigenvalue weighted by molar-refractivity contribution is 7.99. The fourth-order valence-electron chi connectivity index (χ4n) is 1.41. The van der Waals surface area contributed by atoms with Gasteiger partial charge in [0.25, 0.3) is 0 Å². The predicted octanol–water partition coefficient (Wildman–Crippen LogP) is 3.06. The first-order valence-electron chi connectivity index (χ1n) is 5.67. The minimum absolute atomic E-state index is 0.589. The van der Waals surface area contributed by atoms with Crippen LogP contribution in [0.5, 0.6) is 0 Å². The lowest BCUT2D eigenvalue weighted by Gasteiger charge is -2.05. The Morgan fingerprint density at radius 1 is 1.28 bits per heavy atom. The van der Waals surface area contributed by atoms with Gasteiger partial charge in [0.15, 0.2) is 5.82 Å². The molecule has 1 heterocycles. The van der Waals surface area contributed by atoms with Gasteiger partial charge in [-0.3, -0.25) is 0 Å². The summed E-state index contributed by atoms with van der Waals surface area (Å²) in [6.45, 7) is 4.31. The number of nitrogen functional groups attached to an aromatic ring is 1. The molecule has 2 rings (SSSR count). The largest absolute Gasteiger partial charge is 0.335 e. The number of rotatable bonds is 4. The van der Waals surface area contributed by atoms with E-state index in [1.165, 1.54) is 4.68 Å². The average Bonchev–Trinajstić information content (AvgIpc) is 2.69. The number of nitrogens with zero attached hydrogens (tertiary/aromatic N) is 3. The third-order valence-corrected chi connectivity index (χ3v) is 3.93. The molecule has 0 spiro atoms. The highest BCUT2D eigenvalue weighted by Gasteiger charge is 2.12. The molecule has 0 saturated heterocycles. The van der Waals surface area contributed by atoms with E-state index in [4.69, 9.17) is 17.4 Å². The molecule has 1 aromatic heterocycles. The van der Waals surface area contributed by atoms with E-state index in [0.717, 1.165) is 16.5 Å². The van der Waals surface area contributed by atoms with Crippen molar-refractivity contribution >= 4 is 23.4 Å². The fraction of sp³-hybridized carbons (Fsp3) is 0.333. The molecule has 0 aliphatic rings. The minimum atomic E-state index is 0.589. The van der Waals surface area contributed by atoms with Gasteiger partial charge in [-0.25, -0.2) is 4.68 Å². The summed E-state index contributed by atoms with van der Waals surface area (Å²) in [6.07, 6.45) is 0. The van der Waals surface area contributed by atoms with Crippen molar-refractivity contribution in [1.82, 2.24) is 14.9 Å². The molecule has 0 atom stereocenters. The van der Waals surface area contributed by atoms with Gasteiger partial charge in [-0.05, 0) is 30.2 Å². The Bertz CT molecular complexity index is 521. The highest BCUT2D eigenvalue weighted by atomic mass is 35.5. The summed E-state index contributed by atoms with van der Waals surface area (Å²) >= 11 is 7.46. The Balaban J connectivity index is 2.22. The molecule has 4 nitrogen and oxygen atoms in total. The van der Waals surface area contributed by atoms with E-state index in [1.807, 2.05) is 24.3 Å². The molecule has 0 aliphatic carbocycles. The summed E-state index contributed by atoms with van der Waals surface area (Å²) in [5, 5.41) is 9.64. The Hall–Kier alpha value is -1.20. The van der Waals surface area contributed by atoms with E-state index in [9.17, 15) is 0 Å². The summed E-state index contributed by atoms with van der Waals surface area (Å²) in [5.41, 5.74) is 0.908. The van der Waals surface area contributed by atoms with Gasteiger partial charge in [-0.2, -0.15) is 0 Å². The zero-order valence-electron chi connectivity index (χ0n) is 10.3. The van der Waals surface area contributed by atoms with Crippen molar-refractivity contribution < 1.29 is 0 Å². The summed E-state index contributed by atoms with van der Waals surface area (Å²) < 4.78 is 1.52. The zero-order valence-corrected chi connectivity index (χ0v) is 11.9. The van der Waals surface area contributed by atoms with E-state index in [0.29, 0.717) is 16.8 Å². The molecular weight excluding hydrogens is 268 g/mol. The highest BCUT2D eigenvalue weighted by Crippen LogP contribution is 2.23.